The molecule has 0 aliphatic carbocycles. The van der Waals surface area contributed by atoms with Gasteiger partial charge in [-0.2, -0.15) is 0 Å². The minimum atomic E-state index is -0.346. The van der Waals surface area contributed by atoms with E-state index in [4.69, 9.17) is 25.8 Å². The lowest BCUT2D eigenvalue weighted by atomic mass is 10.2. The molecular weight excluding hydrogens is 398 g/mol. The highest BCUT2D eigenvalue weighted by molar-refractivity contribution is 6.33. The largest absolute Gasteiger partial charge is 0.493 e. The predicted molar refractivity (Wildman–Crippen MR) is 112 cm³/mol. The van der Waals surface area contributed by atoms with E-state index in [-0.39, 0.29) is 24.9 Å². The van der Waals surface area contributed by atoms with Crippen LogP contribution >= 0.6 is 11.6 Å². The van der Waals surface area contributed by atoms with Gasteiger partial charge in [-0.15, -0.1) is 0 Å². The van der Waals surface area contributed by atoms with E-state index in [0.717, 1.165) is 0 Å². The van der Waals surface area contributed by atoms with Gasteiger partial charge in [-0.3, -0.25) is 9.59 Å². The number of carbonyl (C=O) groups is 2. The van der Waals surface area contributed by atoms with E-state index in [9.17, 15) is 9.59 Å². The highest BCUT2D eigenvalue weighted by Gasteiger charge is 2.16. The molecule has 0 aliphatic rings. The maximum Gasteiger partial charge on any atom is 0.244 e. The van der Waals surface area contributed by atoms with E-state index in [1.165, 1.54) is 26.2 Å². The molecule has 0 unspecified atom stereocenters. The van der Waals surface area contributed by atoms with E-state index in [2.05, 4.69) is 10.6 Å². The molecule has 0 aliphatic heterocycles. The number of nitrogens with one attached hydrogen (secondary N) is 2. The number of methoxy groups -OCH3 is 3. The number of amides is 2. The molecule has 0 heterocycles. The number of anilines is 2. The van der Waals surface area contributed by atoms with E-state index in [1.807, 2.05) is 0 Å². The molecule has 0 atom stereocenters. The number of nitrogens with zero attached hydrogens (tertiary/aromatic N) is 1. The average molecular weight is 422 g/mol. The van der Waals surface area contributed by atoms with Crippen molar-refractivity contribution >= 4 is 34.8 Å². The fourth-order valence-corrected chi connectivity index (χ4v) is 2.73. The minimum absolute atomic E-state index is 0.0193. The van der Waals surface area contributed by atoms with Crippen molar-refractivity contribution in [1.82, 2.24) is 4.90 Å². The molecule has 8 nitrogen and oxygen atoms in total. The molecule has 0 radical (unpaired) electrons. The molecule has 0 bridgehead atoms. The first-order chi connectivity index (χ1) is 13.9. The number of hydrogen-bond acceptors (Lipinski definition) is 6. The lowest BCUT2D eigenvalue weighted by Crippen LogP contribution is -2.38. The van der Waals surface area contributed by atoms with Gasteiger partial charge in [0, 0.05) is 24.9 Å². The summed E-state index contributed by atoms with van der Waals surface area (Å²) in [4.78, 5) is 25.9. The smallest absolute Gasteiger partial charge is 0.244 e. The third-order valence-electron chi connectivity index (χ3n) is 4.06. The van der Waals surface area contributed by atoms with Gasteiger partial charge < -0.3 is 29.7 Å². The lowest BCUT2D eigenvalue weighted by molar-refractivity contribution is -0.131. The van der Waals surface area contributed by atoms with Crippen molar-refractivity contribution in [1.29, 1.82) is 0 Å². The SMILES string of the molecule is COc1cc(NCC(=O)N(C)CC(=O)Nc2ccccc2Cl)cc(OC)c1OC. The summed E-state index contributed by atoms with van der Waals surface area (Å²) in [5.74, 6) is 0.776. The van der Waals surface area contributed by atoms with Crippen LogP contribution in [0.2, 0.25) is 5.02 Å². The Kier molecular flexibility index (Phi) is 7.97. The highest BCUT2D eigenvalue weighted by Crippen LogP contribution is 2.39. The van der Waals surface area contributed by atoms with Gasteiger partial charge in [0.15, 0.2) is 11.5 Å². The van der Waals surface area contributed by atoms with E-state index in [1.54, 1.807) is 43.4 Å². The summed E-state index contributed by atoms with van der Waals surface area (Å²) in [6.07, 6.45) is 0. The van der Waals surface area contributed by atoms with Gasteiger partial charge >= 0.3 is 0 Å². The maximum atomic E-state index is 12.4. The van der Waals surface area contributed by atoms with Gasteiger partial charge in [0.1, 0.15) is 0 Å². The summed E-state index contributed by atoms with van der Waals surface area (Å²) < 4.78 is 15.8. The number of hydrogen-bond donors (Lipinski definition) is 2. The van der Waals surface area contributed by atoms with E-state index >= 15 is 0 Å². The molecular formula is C20H24ClN3O5. The molecule has 0 saturated heterocycles. The number of rotatable bonds is 9. The number of carbonyl (C=O) groups excluding carboxylic acids is 2. The number of likely N-dealkylation sites (N-methyl/N-ethyl adjacent to an activating group) is 1. The van der Waals surface area contributed by atoms with Crippen LogP contribution in [0, 0.1) is 0 Å². The molecule has 9 heteroatoms. The summed E-state index contributed by atoms with van der Waals surface area (Å²) in [7, 11) is 6.08. The van der Waals surface area contributed by atoms with Gasteiger partial charge in [0.25, 0.3) is 0 Å². The molecule has 0 fully saturated rings. The van der Waals surface area contributed by atoms with E-state index in [0.29, 0.717) is 33.6 Å². The topological polar surface area (TPSA) is 89.1 Å². The van der Waals surface area contributed by atoms with Crippen LogP contribution in [0.5, 0.6) is 17.2 Å². The van der Waals surface area contributed by atoms with Crippen LogP contribution in [-0.4, -0.2) is 58.2 Å². The zero-order valence-electron chi connectivity index (χ0n) is 16.7. The predicted octanol–water partition coefficient (Wildman–Crippen LogP) is 2.87. The van der Waals surface area contributed by atoms with Crippen LogP contribution < -0.4 is 24.8 Å². The Morgan fingerprint density at radius 2 is 1.66 bits per heavy atom. The summed E-state index contributed by atoms with van der Waals surface area (Å²) in [5, 5.41) is 6.11. The number of benzene rings is 2. The second kappa shape index (κ2) is 10.4. The van der Waals surface area contributed by atoms with Crippen LogP contribution in [0.3, 0.4) is 0 Å². The first-order valence-electron chi connectivity index (χ1n) is 8.71. The van der Waals surface area contributed by atoms with Gasteiger partial charge in [-0.05, 0) is 12.1 Å². The quantitative estimate of drug-likeness (QED) is 0.647. The molecule has 0 aromatic heterocycles. The van der Waals surface area contributed by atoms with Gasteiger partial charge in [0.05, 0.1) is 45.1 Å². The van der Waals surface area contributed by atoms with Crippen molar-refractivity contribution in [3.05, 3.63) is 41.4 Å². The van der Waals surface area contributed by atoms with Crippen LogP contribution in [0.15, 0.2) is 36.4 Å². The third kappa shape index (κ3) is 5.92. The Balaban J connectivity index is 1.94. The summed E-state index contributed by atoms with van der Waals surface area (Å²) in [6, 6.07) is 10.3. The average Bonchev–Trinajstić information content (AvgIpc) is 2.72. The Bertz CT molecular complexity index is 850. The van der Waals surface area contributed by atoms with Gasteiger partial charge in [-0.1, -0.05) is 23.7 Å². The molecule has 156 valence electrons. The van der Waals surface area contributed by atoms with Crippen molar-refractivity contribution in [3.63, 3.8) is 0 Å². The lowest BCUT2D eigenvalue weighted by Gasteiger charge is -2.19. The summed E-state index contributed by atoms with van der Waals surface area (Å²) in [5.41, 5.74) is 1.11. The molecule has 0 saturated carbocycles. The van der Waals surface area contributed by atoms with Crippen LogP contribution in [0.1, 0.15) is 0 Å². The second-order valence-electron chi connectivity index (χ2n) is 6.05. The molecule has 29 heavy (non-hydrogen) atoms. The fraction of sp³-hybridized carbons (Fsp3) is 0.300. The molecule has 2 rings (SSSR count). The van der Waals surface area contributed by atoms with Gasteiger partial charge in [-0.25, -0.2) is 0 Å². The van der Waals surface area contributed by atoms with Crippen molar-refractivity contribution in [3.8, 4) is 17.2 Å². The van der Waals surface area contributed by atoms with Crippen molar-refractivity contribution in [2.75, 3.05) is 52.1 Å². The molecule has 2 N–H and O–H groups in total. The Morgan fingerprint density at radius 3 is 2.21 bits per heavy atom. The Hall–Kier alpha value is -3.13. The number of ether oxygens (including phenoxy) is 3. The van der Waals surface area contributed by atoms with Gasteiger partial charge in [0.2, 0.25) is 17.6 Å². The first kappa shape index (κ1) is 22.2. The zero-order chi connectivity index (χ0) is 21.4. The van der Waals surface area contributed by atoms with Crippen molar-refractivity contribution < 1.29 is 23.8 Å². The Labute approximate surface area is 174 Å². The second-order valence-corrected chi connectivity index (χ2v) is 6.45. The van der Waals surface area contributed by atoms with E-state index < -0.39 is 0 Å². The molecule has 2 aromatic carbocycles. The van der Waals surface area contributed by atoms with Crippen LogP contribution in [0.25, 0.3) is 0 Å². The van der Waals surface area contributed by atoms with Crippen LogP contribution in [0.4, 0.5) is 11.4 Å². The van der Waals surface area contributed by atoms with Crippen molar-refractivity contribution in [2.24, 2.45) is 0 Å². The van der Waals surface area contributed by atoms with Crippen molar-refractivity contribution in [2.45, 2.75) is 0 Å². The minimum Gasteiger partial charge on any atom is -0.493 e. The Morgan fingerprint density at radius 1 is 1.03 bits per heavy atom. The zero-order valence-corrected chi connectivity index (χ0v) is 17.5. The molecule has 0 spiro atoms. The third-order valence-corrected chi connectivity index (χ3v) is 4.39. The normalized spacial score (nSPS) is 10.1. The highest BCUT2D eigenvalue weighted by atomic mass is 35.5. The number of para-hydroxylation sites is 1. The monoisotopic (exact) mass is 421 g/mol. The molecule has 2 aromatic rings. The maximum absolute atomic E-state index is 12.4. The molecule has 2 amide bonds. The number of halogens is 1. The first-order valence-corrected chi connectivity index (χ1v) is 9.09. The van der Waals surface area contributed by atoms with Crippen LogP contribution in [-0.2, 0) is 9.59 Å². The fourth-order valence-electron chi connectivity index (χ4n) is 2.55. The summed E-state index contributed by atoms with van der Waals surface area (Å²) in [6.45, 7) is -0.129. The standard InChI is InChI=1S/C20H24ClN3O5/c1-24(12-18(25)23-15-8-6-5-7-14(15)21)19(26)11-22-13-9-16(27-2)20(29-4)17(10-13)28-3/h5-10,22H,11-12H2,1-4H3,(H,23,25). The summed E-state index contributed by atoms with van der Waals surface area (Å²) >= 11 is 6.02.